The SMILES string of the molecule is C=CCN1C(=O)N[C@H](c2ccccc2F)C2=C1CN(Cc1ccccc1)C2=O. The smallest absolute Gasteiger partial charge is 0.322 e. The van der Waals surface area contributed by atoms with Crippen LogP contribution in [-0.4, -0.2) is 34.8 Å². The number of hydrogen-bond acceptors (Lipinski definition) is 2. The van der Waals surface area contributed by atoms with E-state index in [1.807, 2.05) is 30.3 Å². The molecule has 0 bridgehead atoms. The zero-order valence-electron chi connectivity index (χ0n) is 15.3. The maximum absolute atomic E-state index is 14.4. The highest BCUT2D eigenvalue weighted by Crippen LogP contribution is 2.37. The Labute approximate surface area is 162 Å². The van der Waals surface area contributed by atoms with Gasteiger partial charge in [-0.15, -0.1) is 6.58 Å². The molecule has 0 spiro atoms. The first-order valence-electron chi connectivity index (χ1n) is 9.09. The van der Waals surface area contributed by atoms with Crippen LogP contribution in [0.1, 0.15) is 17.2 Å². The molecule has 0 saturated carbocycles. The summed E-state index contributed by atoms with van der Waals surface area (Å²) in [5.74, 6) is -0.646. The lowest BCUT2D eigenvalue weighted by atomic mass is 9.95. The molecule has 1 N–H and O–H groups in total. The van der Waals surface area contributed by atoms with Gasteiger partial charge in [0, 0.05) is 18.7 Å². The third kappa shape index (κ3) is 3.07. The molecule has 2 aromatic rings. The minimum Gasteiger partial charge on any atom is -0.329 e. The first-order chi connectivity index (χ1) is 13.6. The van der Waals surface area contributed by atoms with Crippen molar-refractivity contribution < 1.29 is 14.0 Å². The highest BCUT2D eigenvalue weighted by molar-refractivity contribution is 6.01. The predicted molar refractivity (Wildman–Crippen MR) is 103 cm³/mol. The van der Waals surface area contributed by atoms with Crippen LogP contribution >= 0.6 is 0 Å². The monoisotopic (exact) mass is 377 g/mol. The number of rotatable bonds is 5. The zero-order chi connectivity index (χ0) is 19.7. The number of nitrogens with zero attached hydrogens (tertiary/aromatic N) is 2. The molecule has 6 heteroatoms. The van der Waals surface area contributed by atoms with Gasteiger partial charge in [-0.1, -0.05) is 54.6 Å². The number of halogens is 1. The second-order valence-corrected chi connectivity index (χ2v) is 6.81. The summed E-state index contributed by atoms with van der Waals surface area (Å²) in [7, 11) is 0. The van der Waals surface area contributed by atoms with Crippen LogP contribution in [-0.2, 0) is 11.3 Å². The summed E-state index contributed by atoms with van der Waals surface area (Å²) in [6, 6.07) is 14.7. The summed E-state index contributed by atoms with van der Waals surface area (Å²) < 4.78 is 14.4. The molecule has 28 heavy (non-hydrogen) atoms. The van der Waals surface area contributed by atoms with Gasteiger partial charge in [0.2, 0.25) is 0 Å². The summed E-state index contributed by atoms with van der Waals surface area (Å²) >= 11 is 0. The first-order valence-corrected chi connectivity index (χ1v) is 9.09. The van der Waals surface area contributed by atoms with Crippen molar-refractivity contribution in [2.45, 2.75) is 12.6 Å². The van der Waals surface area contributed by atoms with Crippen LogP contribution in [0.5, 0.6) is 0 Å². The standard InChI is InChI=1S/C22H20FN3O2/c1-2-12-26-18-14-25(13-15-8-4-3-5-9-15)21(27)19(18)20(24-22(26)28)16-10-6-7-11-17(16)23/h2-11,20H,1,12-14H2,(H,24,28)/t20-/m1/s1. The lowest BCUT2D eigenvalue weighted by molar-refractivity contribution is -0.126. The largest absolute Gasteiger partial charge is 0.329 e. The van der Waals surface area contributed by atoms with E-state index in [9.17, 15) is 14.0 Å². The van der Waals surface area contributed by atoms with Crippen molar-refractivity contribution in [1.29, 1.82) is 0 Å². The topological polar surface area (TPSA) is 52.7 Å². The molecule has 0 radical (unpaired) electrons. The Hall–Kier alpha value is -3.41. The zero-order valence-corrected chi connectivity index (χ0v) is 15.3. The summed E-state index contributed by atoms with van der Waals surface area (Å²) in [6.45, 7) is 4.70. The van der Waals surface area contributed by atoms with Crippen molar-refractivity contribution in [3.63, 3.8) is 0 Å². The van der Waals surface area contributed by atoms with Crippen LogP contribution in [0.4, 0.5) is 9.18 Å². The third-order valence-electron chi connectivity index (χ3n) is 5.04. The number of amides is 3. The van der Waals surface area contributed by atoms with E-state index in [1.165, 1.54) is 11.0 Å². The molecule has 0 fully saturated rings. The molecule has 142 valence electrons. The minimum absolute atomic E-state index is 0.193. The molecule has 0 saturated heterocycles. The highest BCUT2D eigenvalue weighted by Gasteiger charge is 2.44. The molecule has 0 unspecified atom stereocenters. The van der Waals surface area contributed by atoms with E-state index in [2.05, 4.69) is 11.9 Å². The van der Waals surface area contributed by atoms with Gasteiger partial charge in [-0.25, -0.2) is 9.18 Å². The summed E-state index contributed by atoms with van der Waals surface area (Å²) in [6.07, 6.45) is 1.61. The van der Waals surface area contributed by atoms with E-state index in [-0.39, 0.29) is 24.0 Å². The van der Waals surface area contributed by atoms with Gasteiger partial charge in [0.1, 0.15) is 5.82 Å². The summed E-state index contributed by atoms with van der Waals surface area (Å²) in [5, 5.41) is 2.79. The number of nitrogens with one attached hydrogen (secondary N) is 1. The van der Waals surface area contributed by atoms with Crippen LogP contribution in [0.25, 0.3) is 0 Å². The molecule has 4 rings (SSSR count). The van der Waals surface area contributed by atoms with Gasteiger partial charge >= 0.3 is 6.03 Å². The molecule has 5 nitrogen and oxygen atoms in total. The second-order valence-electron chi connectivity index (χ2n) is 6.81. The molecule has 1 atom stereocenters. The van der Waals surface area contributed by atoms with Crippen molar-refractivity contribution in [2.24, 2.45) is 0 Å². The maximum Gasteiger partial charge on any atom is 0.322 e. The average Bonchev–Trinajstić information content (AvgIpc) is 3.01. The van der Waals surface area contributed by atoms with Gasteiger partial charge in [0.15, 0.2) is 0 Å². The lowest BCUT2D eigenvalue weighted by Gasteiger charge is -2.33. The van der Waals surface area contributed by atoms with Gasteiger partial charge in [-0.3, -0.25) is 9.69 Å². The molecule has 2 aromatic carbocycles. The van der Waals surface area contributed by atoms with Crippen LogP contribution in [0.15, 0.2) is 78.5 Å². The van der Waals surface area contributed by atoms with E-state index in [0.29, 0.717) is 24.4 Å². The van der Waals surface area contributed by atoms with Crippen LogP contribution < -0.4 is 5.32 Å². The Morgan fingerprint density at radius 3 is 2.54 bits per heavy atom. The highest BCUT2D eigenvalue weighted by atomic mass is 19.1. The van der Waals surface area contributed by atoms with E-state index in [4.69, 9.17) is 0 Å². The average molecular weight is 377 g/mol. The van der Waals surface area contributed by atoms with Gasteiger partial charge in [-0.05, 0) is 11.6 Å². The van der Waals surface area contributed by atoms with Gasteiger partial charge in [-0.2, -0.15) is 0 Å². The van der Waals surface area contributed by atoms with Crippen LogP contribution in [0.3, 0.4) is 0 Å². The van der Waals surface area contributed by atoms with Gasteiger partial charge in [0.05, 0.1) is 23.9 Å². The molecule has 0 aromatic heterocycles. The van der Waals surface area contributed by atoms with Crippen molar-refractivity contribution in [3.8, 4) is 0 Å². The van der Waals surface area contributed by atoms with Crippen molar-refractivity contribution in [1.82, 2.24) is 15.1 Å². The number of carbonyl (C=O) groups excluding carboxylic acids is 2. The minimum atomic E-state index is -0.807. The van der Waals surface area contributed by atoms with Crippen LogP contribution in [0, 0.1) is 5.82 Å². The summed E-state index contributed by atoms with van der Waals surface area (Å²) in [5.41, 5.74) is 2.31. The van der Waals surface area contributed by atoms with Crippen LogP contribution in [0.2, 0.25) is 0 Å². The molecular formula is C22H20FN3O2. The van der Waals surface area contributed by atoms with Crippen molar-refractivity contribution >= 4 is 11.9 Å². The molecule has 0 aliphatic carbocycles. The van der Waals surface area contributed by atoms with E-state index in [1.54, 1.807) is 29.2 Å². The van der Waals surface area contributed by atoms with Crippen molar-refractivity contribution in [3.05, 3.63) is 95.5 Å². The quantitative estimate of drug-likeness (QED) is 0.813. The fourth-order valence-corrected chi connectivity index (χ4v) is 3.74. The maximum atomic E-state index is 14.4. The Bertz CT molecular complexity index is 971. The molecular weight excluding hydrogens is 357 g/mol. The van der Waals surface area contributed by atoms with E-state index >= 15 is 0 Å². The lowest BCUT2D eigenvalue weighted by Crippen LogP contribution is -2.47. The summed E-state index contributed by atoms with van der Waals surface area (Å²) in [4.78, 5) is 29.1. The molecule has 2 aliphatic heterocycles. The van der Waals surface area contributed by atoms with Crippen molar-refractivity contribution in [2.75, 3.05) is 13.1 Å². The second kappa shape index (κ2) is 7.31. The number of benzene rings is 2. The normalized spacial score (nSPS) is 19.0. The molecule has 3 amide bonds. The Morgan fingerprint density at radius 2 is 1.82 bits per heavy atom. The molecule has 2 aliphatic rings. The van der Waals surface area contributed by atoms with Gasteiger partial charge < -0.3 is 10.2 Å². The Kier molecular flexibility index (Phi) is 4.69. The predicted octanol–water partition coefficient (Wildman–Crippen LogP) is 3.37. The van der Waals surface area contributed by atoms with E-state index in [0.717, 1.165) is 5.56 Å². The van der Waals surface area contributed by atoms with E-state index < -0.39 is 11.9 Å². The fraction of sp³-hybridized carbons (Fsp3) is 0.182. The third-order valence-corrected chi connectivity index (χ3v) is 5.04. The number of hydrogen-bond donors (Lipinski definition) is 1. The fourth-order valence-electron chi connectivity index (χ4n) is 3.74. The Balaban J connectivity index is 1.73. The first kappa shape index (κ1) is 18.0. The molecule has 2 heterocycles. The Morgan fingerprint density at radius 1 is 1.11 bits per heavy atom. The number of carbonyl (C=O) groups is 2. The number of urea groups is 1. The van der Waals surface area contributed by atoms with Gasteiger partial charge in [0.25, 0.3) is 5.91 Å².